The molecular formula is C29H34BrN3O4S. The molecule has 3 N–H and O–H groups in total. The molecule has 5 rings (SSSR count). The summed E-state index contributed by atoms with van der Waals surface area (Å²) in [4.78, 5) is 43.5. The van der Waals surface area contributed by atoms with E-state index in [2.05, 4.69) is 26.6 Å². The lowest BCUT2D eigenvalue weighted by atomic mass is 9.70. The van der Waals surface area contributed by atoms with Gasteiger partial charge in [-0.05, 0) is 68.9 Å². The van der Waals surface area contributed by atoms with Crippen LogP contribution in [0, 0.1) is 25.7 Å². The van der Waals surface area contributed by atoms with Gasteiger partial charge in [-0.1, -0.05) is 46.3 Å². The van der Waals surface area contributed by atoms with Crippen molar-refractivity contribution in [3.63, 3.8) is 0 Å². The summed E-state index contributed by atoms with van der Waals surface area (Å²) in [6, 6.07) is 14.5. The summed E-state index contributed by atoms with van der Waals surface area (Å²) in [6.07, 6.45) is 2.75. The van der Waals surface area contributed by atoms with Gasteiger partial charge in [-0.25, -0.2) is 0 Å². The van der Waals surface area contributed by atoms with Crippen LogP contribution < -0.4 is 10.6 Å². The van der Waals surface area contributed by atoms with Crippen LogP contribution in [0.2, 0.25) is 0 Å². The second-order valence-corrected chi connectivity index (χ2v) is 13.4. The fourth-order valence-corrected chi connectivity index (χ4v) is 9.97. The van der Waals surface area contributed by atoms with Crippen molar-refractivity contribution < 1.29 is 19.5 Å². The molecule has 2 aromatic rings. The van der Waals surface area contributed by atoms with E-state index in [0.717, 1.165) is 23.2 Å². The number of unbranched alkanes of at least 4 members (excludes halogenated alkanes) is 2. The molecule has 3 unspecified atom stereocenters. The Hall–Kier alpha value is -2.36. The highest BCUT2D eigenvalue weighted by molar-refractivity contribution is 9.09. The van der Waals surface area contributed by atoms with Gasteiger partial charge in [0.2, 0.25) is 17.7 Å². The predicted molar refractivity (Wildman–Crippen MR) is 154 cm³/mol. The highest BCUT2D eigenvalue weighted by atomic mass is 79.9. The molecule has 38 heavy (non-hydrogen) atoms. The zero-order valence-corrected chi connectivity index (χ0v) is 24.1. The molecule has 1 spiro atoms. The normalized spacial score (nSPS) is 29.4. The minimum absolute atomic E-state index is 0.0217. The SMILES string of the molecule is Cc1ccc(C)c(NC(=O)C2N(CCCCCO)C(=O)[C@@H]3[C@H](C(=O)Nc4ccccc4)[C@H]4SC23CC4Br)c1. The van der Waals surface area contributed by atoms with Crippen LogP contribution in [0.15, 0.2) is 48.5 Å². The number of aliphatic hydroxyl groups is 1. The highest BCUT2D eigenvalue weighted by Crippen LogP contribution is 2.67. The number of hydrogen-bond donors (Lipinski definition) is 3. The Morgan fingerprint density at radius 1 is 1.08 bits per heavy atom. The molecule has 3 aliphatic rings. The molecule has 2 aromatic carbocycles. The number of carbonyl (C=O) groups excluding carboxylic acids is 3. The van der Waals surface area contributed by atoms with E-state index < -0.39 is 22.6 Å². The quantitative estimate of drug-likeness (QED) is 0.291. The van der Waals surface area contributed by atoms with Crippen molar-refractivity contribution in [3.05, 3.63) is 59.7 Å². The minimum Gasteiger partial charge on any atom is -0.396 e. The molecule has 9 heteroatoms. The van der Waals surface area contributed by atoms with Gasteiger partial charge in [0.25, 0.3) is 0 Å². The molecule has 0 saturated carbocycles. The smallest absolute Gasteiger partial charge is 0.248 e. The molecule has 0 aliphatic carbocycles. The number of rotatable bonds is 9. The number of amides is 3. The van der Waals surface area contributed by atoms with E-state index in [4.69, 9.17) is 0 Å². The summed E-state index contributed by atoms with van der Waals surface area (Å²) in [5.74, 6) is -1.59. The number of thioether (sulfide) groups is 1. The van der Waals surface area contributed by atoms with Gasteiger partial charge in [-0.15, -0.1) is 11.8 Å². The van der Waals surface area contributed by atoms with E-state index in [1.54, 1.807) is 16.7 Å². The van der Waals surface area contributed by atoms with E-state index in [9.17, 15) is 19.5 Å². The number of alkyl halides is 1. The Morgan fingerprint density at radius 3 is 2.58 bits per heavy atom. The summed E-state index contributed by atoms with van der Waals surface area (Å²) >= 11 is 5.45. The maximum Gasteiger partial charge on any atom is 0.248 e. The molecule has 202 valence electrons. The first-order valence-corrected chi connectivity index (χ1v) is 15.0. The number of aliphatic hydroxyl groups excluding tert-OH is 1. The average molecular weight is 601 g/mol. The number of anilines is 2. The molecule has 0 aromatic heterocycles. The summed E-state index contributed by atoms with van der Waals surface area (Å²) < 4.78 is -0.687. The first-order chi connectivity index (χ1) is 18.3. The van der Waals surface area contributed by atoms with Crippen molar-refractivity contribution in [1.82, 2.24) is 4.90 Å². The average Bonchev–Trinajstić information content (AvgIpc) is 3.48. The van der Waals surface area contributed by atoms with Gasteiger partial charge < -0.3 is 20.6 Å². The predicted octanol–water partition coefficient (Wildman–Crippen LogP) is 4.51. The van der Waals surface area contributed by atoms with Gasteiger partial charge in [-0.2, -0.15) is 0 Å². The lowest BCUT2D eigenvalue weighted by Crippen LogP contribution is -2.52. The third-order valence-corrected chi connectivity index (χ3v) is 11.3. The number of likely N-dealkylation sites (tertiary alicyclic amines) is 1. The first kappa shape index (κ1) is 27.2. The molecule has 0 radical (unpaired) electrons. The maximum absolute atomic E-state index is 14.1. The fraction of sp³-hybridized carbons (Fsp3) is 0.483. The second kappa shape index (κ2) is 11.0. The number of benzene rings is 2. The number of hydrogen-bond acceptors (Lipinski definition) is 5. The minimum atomic E-state index is -0.687. The summed E-state index contributed by atoms with van der Waals surface area (Å²) in [5, 5.41) is 15.3. The van der Waals surface area contributed by atoms with Crippen LogP contribution in [0.3, 0.4) is 0 Å². The van der Waals surface area contributed by atoms with Crippen LogP contribution in [-0.4, -0.2) is 61.7 Å². The van der Waals surface area contributed by atoms with E-state index in [1.807, 2.05) is 62.4 Å². The van der Waals surface area contributed by atoms with Gasteiger partial charge in [0.15, 0.2) is 0 Å². The lowest BCUT2D eigenvalue weighted by molar-refractivity contribution is -0.138. The molecule has 3 aliphatic heterocycles. The van der Waals surface area contributed by atoms with E-state index in [0.29, 0.717) is 31.5 Å². The Morgan fingerprint density at radius 2 is 1.84 bits per heavy atom. The van der Waals surface area contributed by atoms with Gasteiger partial charge in [0.05, 0.1) is 16.6 Å². The van der Waals surface area contributed by atoms with Crippen molar-refractivity contribution in [2.24, 2.45) is 11.8 Å². The summed E-state index contributed by atoms with van der Waals surface area (Å²) in [5.41, 5.74) is 3.44. The third-order valence-electron chi connectivity index (χ3n) is 8.09. The zero-order valence-electron chi connectivity index (χ0n) is 21.7. The standard InChI is InChI=1S/C29H34BrN3O4S/c1-17-11-12-18(2)21(15-17)32-27(36)25-29-16-20(30)24(38-29)22(26(35)31-19-9-5-3-6-10-19)23(29)28(37)33(25)13-7-4-8-14-34/h3,5-6,9-12,15,20,22-25,34H,4,7-8,13-14,16H2,1-2H3,(H,31,35)(H,32,36)/t20?,22-,23-,24-,25?,29?/m0/s1. The second-order valence-electron chi connectivity index (χ2n) is 10.6. The van der Waals surface area contributed by atoms with Crippen LogP contribution in [0.25, 0.3) is 0 Å². The molecule has 7 nitrogen and oxygen atoms in total. The number of halogens is 1. The first-order valence-electron chi connectivity index (χ1n) is 13.2. The van der Waals surface area contributed by atoms with Crippen molar-refractivity contribution >= 4 is 56.8 Å². The Labute approximate surface area is 236 Å². The number of aryl methyl sites for hydroxylation is 2. The summed E-state index contributed by atoms with van der Waals surface area (Å²) in [6.45, 7) is 4.46. The Balaban J connectivity index is 1.48. The summed E-state index contributed by atoms with van der Waals surface area (Å²) in [7, 11) is 0. The monoisotopic (exact) mass is 599 g/mol. The molecule has 2 bridgehead atoms. The van der Waals surface area contributed by atoms with E-state index in [-0.39, 0.29) is 34.4 Å². The van der Waals surface area contributed by atoms with Crippen LogP contribution >= 0.6 is 27.7 Å². The molecule has 3 fully saturated rings. The number of nitrogens with zero attached hydrogens (tertiary/aromatic N) is 1. The topological polar surface area (TPSA) is 98.7 Å². The van der Waals surface area contributed by atoms with Crippen molar-refractivity contribution in [2.45, 2.75) is 60.4 Å². The zero-order chi connectivity index (χ0) is 27.0. The van der Waals surface area contributed by atoms with Gasteiger partial charge in [0.1, 0.15) is 6.04 Å². The number of carbonyl (C=O) groups is 3. The maximum atomic E-state index is 14.1. The largest absolute Gasteiger partial charge is 0.396 e. The van der Waals surface area contributed by atoms with Crippen LogP contribution in [-0.2, 0) is 14.4 Å². The Bertz CT molecular complexity index is 1230. The van der Waals surface area contributed by atoms with E-state index >= 15 is 0 Å². The van der Waals surface area contributed by atoms with Crippen LogP contribution in [0.4, 0.5) is 11.4 Å². The molecular weight excluding hydrogens is 566 g/mol. The van der Waals surface area contributed by atoms with Crippen LogP contribution in [0.5, 0.6) is 0 Å². The number of para-hydroxylation sites is 1. The molecule has 3 amide bonds. The van der Waals surface area contributed by atoms with Crippen LogP contribution in [0.1, 0.15) is 36.8 Å². The van der Waals surface area contributed by atoms with Crippen molar-refractivity contribution in [1.29, 1.82) is 0 Å². The molecule has 3 saturated heterocycles. The third kappa shape index (κ3) is 4.77. The van der Waals surface area contributed by atoms with E-state index in [1.165, 1.54) is 0 Å². The Kier molecular flexibility index (Phi) is 7.89. The number of nitrogens with one attached hydrogen (secondary N) is 2. The highest BCUT2D eigenvalue weighted by Gasteiger charge is 2.75. The molecule has 6 atom stereocenters. The van der Waals surface area contributed by atoms with Gasteiger partial charge >= 0.3 is 0 Å². The number of fused-ring (bicyclic) bond motifs is 1. The van der Waals surface area contributed by atoms with Crippen molar-refractivity contribution in [2.75, 3.05) is 23.8 Å². The lowest BCUT2D eigenvalue weighted by Gasteiger charge is -2.35. The van der Waals surface area contributed by atoms with Gasteiger partial charge in [0, 0.05) is 34.6 Å². The van der Waals surface area contributed by atoms with Gasteiger partial charge in [-0.3, -0.25) is 14.4 Å². The molecule has 3 heterocycles. The fourth-order valence-electron chi connectivity index (χ4n) is 6.36. The van der Waals surface area contributed by atoms with Crippen molar-refractivity contribution in [3.8, 4) is 0 Å².